The van der Waals surface area contributed by atoms with Crippen LogP contribution in [0.3, 0.4) is 0 Å². The Morgan fingerprint density at radius 1 is 0.966 bits per heavy atom. The molecule has 0 saturated carbocycles. The summed E-state index contributed by atoms with van der Waals surface area (Å²) in [6.07, 6.45) is 0. The highest BCUT2D eigenvalue weighted by Crippen LogP contribution is 2.24. The number of benzene rings is 3. The second-order valence-corrected chi connectivity index (χ2v) is 7.47. The monoisotopic (exact) mass is 470 g/mol. The molecular formula is C21H13BrClFN4O. The number of halogens is 3. The summed E-state index contributed by atoms with van der Waals surface area (Å²) in [4.78, 5) is 17.1. The third-order valence-corrected chi connectivity index (χ3v) is 4.87. The number of anilines is 1. The SMILES string of the molecule is O=C(Nc1ccc(Cl)cc1)c1nc(-c2ccc(Br)cc2)n(-c2ccc(F)cc2)n1. The second kappa shape index (κ2) is 8.14. The first kappa shape index (κ1) is 19.3. The van der Waals surface area contributed by atoms with Gasteiger partial charge in [-0.25, -0.2) is 14.1 Å². The van der Waals surface area contributed by atoms with E-state index in [0.29, 0.717) is 22.2 Å². The molecule has 0 aliphatic carbocycles. The molecule has 0 bridgehead atoms. The van der Waals surface area contributed by atoms with Crippen molar-refractivity contribution in [3.8, 4) is 17.1 Å². The molecule has 4 aromatic rings. The smallest absolute Gasteiger partial charge is 0.295 e. The average Bonchev–Trinajstić information content (AvgIpc) is 3.16. The van der Waals surface area contributed by atoms with Gasteiger partial charge in [-0.1, -0.05) is 39.7 Å². The first-order chi connectivity index (χ1) is 14.0. The molecule has 29 heavy (non-hydrogen) atoms. The van der Waals surface area contributed by atoms with Crippen LogP contribution in [0.5, 0.6) is 0 Å². The number of hydrogen-bond donors (Lipinski definition) is 1. The Kier molecular flexibility index (Phi) is 5.42. The number of hydrogen-bond acceptors (Lipinski definition) is 3. The zero-order valence-electron chi connectivity index (χ0n) is 14.8. The van der Waals surface area contributed by atoms with Gasteiger partial charge in [0.25, 0.3) is 5.91 Å². The normalized spacial score (nSPS) is 10.7. The molecule has 8 heteroatoms. The molecule has 0 radical (unpaired) electrons. The van der Waals surface area contributed by atoms with E-state index in [4.69, 9.17) is 11.6 Å². The van der Waals surface area contributed by atoms with Gasteiger partial charge in [-0.3, -0.25) is 4.79 Å². The number of aromatic nitrogens is 3. The molecule has 1 N–H and O–H groups in total. The molecule has 144 valence electrons. The molecule has 0 unspecified atom stereocenters. The van der Waals surface area contributed by atoms with Gasteiger partial charge in [-0.15, -0.1) is 5.10 Å². The van der Waals surface area contributed by atoms with Gasteiger partial charge in [-0.2, -0.15) is 0 Å². The summed E-state index contributed by atoms with van der Waals surface area (Å²) in [6.45, 7) is 0. The van der Waals surface area contributed by atoms with E-state index in [-0.39, 0.29) is 11.6 Å². The molecular weight excluding hydrogens is 459 g/mol. The van der Waals surface area contributed by atoms with Crippen LogP contribution in [-0.4, -0.2) is 20.7 Å². The van der Waals surface area contributed by atoms with Gasteiger partial charge in [-0.05, 0) is 60.7 Å². The predicted molar refractivity (Wildman–Crippen MR) is 114 cm³/mol. The summed E-state index contributed by atoms with van der Waals surface area (Å²) in [5.74, 6) is -0.376. The standard InChI is InChI=1S/C21H13BrClFN4O/c22-14-3-1-13(2-4-14)20-26-19(21(29)25-17-9-5-15(23)6-10-17)27-28(20)18-11-7-16(24)8-12-18/h1-12H,(H,25,29). The molecule has 1 aromatic heterocycles. The summed E-state index contributed by atoms with van der Waals surface area (Å²) in [5, 5.41) is 7.67. The maximum Gasteiger partial charge on any atom is 0.295 e. The van der Waals surface area contributed by atoms with Crippen molar-refractivity contribution in [1.82, 2.24) is 14.8 Å². The van der Waals surface area contributed by atoms with Crippen LogP contribution in [0.25, 0.3) is 17.1 Å². The van der Waals surface area contributed by atoms with E-state index in [9.17, 15) is 9.18 Å². The van der Waals surface area contributed by atoms with Crippen LogP contribution >= 0.6 is 27.5 Å². The number of carbonyl (C=O) groups excluding carboxylic acids is 1. The Bertz CT molecular complexity index is 1100. The fourth-order valence-electron chi connectivity index (χ4n) is 2.68. The lowest BCUT2D eigenvalue weighted by Crippen LogP contribution is -2.14. The zero-order chi connectivity index (χ0) is 20.4. The Morgan fingerprint density at radius 3 is 2.28 bits per heavy atom. The van der Waals surface area contributed by atoms with Crippen molar-refractivity contribution >= 4 is 39.1 Å². The summed E-state index contributed by atoms with van der Waals surface area (Å²) in [5.41, 5.74) is 1.92. The van der Waals surface area contributed by atoms with Crippen molar-refractivity contribution in [2.45, 2.75) is 0 Å². The zero-order valence-corrected chi connectivity index (χ0v) is 17.2. The van der Waals surface area contributed by atoms with E-state index in [0.717, 1.165) is 10.0 Å². The number of rotatable bonds is 4. The topological polar surface area (TPSA) is 59.8 Å². The van der Waals surface area contributed by atoms with E-state index in [2.05, 4.69) is 31.3 Å². The Balaban J connectivity index is 1.74. The molecule has 0 aliphatic rings. The molecule has 1 amide bonds. The predicted octanol–water partition coefficient (Wildman–Crippen LogP) is 5.74. The van der Waals surface area contributed by atoms with E-state index >= 15 is 0 Å². The van der Waals surface area contributed by atoms with E-state index in [1.54, 1.807) is 36.4 Å². The summed E-state index contributed by atoms with van der Waals surface area (Å²) >= 11 is 9.28. The van der Waals surface area contributed by atoms with Crippen LogP contribution < -0.4 is 5.32 Å². The van der Waals surface area contributed by atoms with Gasteiger partial charge < -0.3 is 5.32 Å². The van der Waals surface area contributed by atoms with Crippen LogP contribution in [0.4, 0.5) is 10.1 Å². The highest BCUT2D eigenvalue weighted by atomic mass is 79.9. The minimum atomic E-state index is -0.466. The third-order valence-electron chi connectivity index (χ3n) is 4.09. The van der Waals surface area contributed by atoms with E-state index < -0.39 is 5.91 Å². The van der Waals surface area contributed by atoms with E-state index in [1.165, 1.54) is 16.8 Å². The van der Waals surface area contributed by atoms with Gasteiger partial charge in [0.15, 0.2) is 5.82 Å². The molecule has 4 rings (SSSR count). The van der Waals surface area contributed by atoms with Gasteiger partial charge in [0.2, 0.25) is 5.82 Å². The Morgan fingerprint density at radius 2 is 1.62 bits per heavy atom. The maximum atomic E-state index is 13.4. The second-order valence-electron chi connectivity index (χ2n) is 6.12. The van der Waals surface area contributed by atoms with Crippen LogP contribution in [0.1, 0.15) is 10.6 Å². The van der Waals surface area contributed by atoms with E-state index in [1.807, 2.05) is 24.3 Å². The minimum Gasteiger partial charge on any atom is -0.319 e. The molecule has 3 aromatic carbocycles. The van der Waals surface area contributed by atoms with Crippen molar-refractivity contribution < 1.29 is 9.18 Å². The summed E-state index contributed by atoms with van der Waals surface area (Å²) in [7, 11) is 0. The molecule has 0 spiro atoms. The molecule has 0 atom stereocenters. The van der Waals surface area contributed by atoms with Crippen LogP contribution in [0.15, 0.2) is 77.3 Å². The first-order valence-corrected chi connectivity index (χ1v) is 9.72. The molecule has 1 heterocycles. The largest absolute Gasteiger partial charge is 0.319 e. The summed E-state index contributed by atoms with van der Waals surface area (Å²) in [6, 6.07) is 20.0. The number of amides is 1. The Labute approximate surface area is 179 Å². The van der Waals surface area contributed by atoms with Gasteiger partial charge in [0.1, 0.15) is 5.82 Å². The third kappa shape index (κ3) is 4.36. The minimum absolute atomic E-state index is 0.0119. The molecule has 5 nitrogen and oxygen atoms in total. The quantitative estimate of drug-likeness (QED) is 0.413. The maximum absolute atomic E-state index is 13.4. The average molecular weight is 472 g/mol. The van der Waals surface area contributed by atoms with Gasteiger partial charge >= 0.3 is 0 Å². The lowest BCUT2D eigenvalue weighted by molar-refractivity contribution is 0.101. The van der Waals surface area contributed by atoms with Gasteiger partial charge in [0, 0.05) is 20.7 Å². The fourth-order valence-corrected chi connectivity index (χ4v) is 3.07. The van der Waals surface area contributed by atoms with Crippen molar-refractivity contribution in [2.75, 3.05) is 5.32 Å². The van der Waals surface area contributed by atoms with Crippen LogP contribution in [0, 0.1) is 5.82 Å². The van der Waals surface area contributed by atoms with Crippen LogP contribution in [0.2, 0.25) is 5.02 Å². The highest BCUT2D eigenvalue weighted by molar-refractivity contribution is 9.10. The first-order valence-electron chi connectivity index (χ1n) is 8.55. The Hall–Kier alpha value is -3.03. The number of nitrogens with one attached hydrogen (secondary N) is 1. The number of nitrogens with zero attached hydrogens (tertiary/aromatic N) is 3. The lowest BCUT2D eigenvalue weighted by atomic mass is 10.2. The summed E-state index contributed by atoms with van der Waals surface area (Å²) < 4.78 is 15.8. The molecule has 0 saturated heterocycles. The molecule has 0 aliphatic heterocycles. The highest BCUT2D eigenvalue weighted by Gasteiger charge is 2.19. The lowest BCUT2D eigenvalue weighted by Gasteiger charge is -2.06. The van der Waals surface area contributed by atoms with Crippen molar-refractivity contribution in [2.24, 2.45) is 0 Å². The van der Waals surface area contributed by atoms with Crippen molar-refractivity contribution in [3.05, 3.63) is 93.9 Å². The van der Waals surface area contributed by atoms with Crippen LogP contribution in [-0.2, 0) is 0 Å². The van der Waals surface area contributed by atoms with Crippen molar-refractivity contribution in [1.29, 1.82) is 0 Å². The molecule has 0 fully saturated rings. The fraction of sp³-hybridized carbons (Fsp3) is 0. The number of carbonyl (C=O) groups is 1. The van der Waals surface area contributed by atoms with Crippen molar-refractivity contribution in [3.63, 3.8) is 0 Å². The van der Waals surface area contributed by atoms with Gasteiger partial charge in [0.05, 0.1) is 5.69 Å².